The number of likely N-dealkylation sites (N-methyl/N-ethyl adjacent to an activating group) is 3. The van der Waals surface area contributed by atoms with Gasteiger partial charge in [0.05, 0.1) is 12.5 Å². The van der Waals surface area contributed by atoms with Crippen LogP contribution < -0.4 is 16.0 Å². The highest BCUT2D eigenvalue weighted by Gasteiger charge is 2.43. The van der Waals surface area contributed by atoms with Gasteiger partial charge in [0.2, 0.25) is 29.5 Å². The molecule has 354 valence electrons. The smallest absolute Gasteiger partial charge is 0.391 e. The van der Waals surface area contributed by atoms with Crippen molar-refractivity contribution in [1.82, 2.24) is 30.7 Å². The van der Waals surface area contributed by atoms with Gasteiger partial charge in [-0.1, -0.05) is 53.1 Å². The molecule has 0 unspecified atom stereocenters. The molecule has 1 aromatic heterocycles. The van der Waals surface area contributed by atoms with E-state index in [1.807, 2.05) is 30.6 Å². The standard InChI is InChI=1S/C44H61ClF3N7O8S/c1-23(2)16-30-40(59)53(8)26(7)43(62)63-35(12-11-15-49)39(58)52-32(21-44(46,47)48)42(61)54(9)33(18-25(5)6)37(56)51-31(17-24(3)4)41(60)55(10)34(38(57)50-30)19-27-22-64-36-14-13-28(45)20-29(27)36/h13-14,20,22-26,30-35H,11-12,16-19,21H2,1-10H3,(H,50,57)(H,51,56)(H,52,58)/t26-,30-,31-,32-,33-,34-,35+/m0/s1. The van der Waals surface area contributed by atoms with Crippen molar-refractivity contribution in [3.63, 3.8) is 0 Å². The van der Waals surface area contributed by atoms with Crippen molar-refractivity contribution in [2.45, 2.75) is 142 Å². The summed E-state index contributed by atoms with van der Waals surface area (Å²) in [6.07, 6.45) is -9.61. The highest BCUT2D eigenvalue weighted by molar-refractivity contribution is 7.17. The first-order valence-electron chi connectivity index (χ1n) is 21.3. The maximum absolute atomic E-state index is 14.7. The average Bonchev–Trinajstić information content (AvgIpc) is 3.60. The Balaban J connectivity index is 2.29. The number of carbonyl (C=O) groups excluding carboxylic acids is 7. The van der Waals surface area contributed by atoms with Crippen LogP contribution in [0.15, 0.2) is 23.6 Å². The molecular formula is C44H61ClF3N7O8S. The molecule has 20 heteroatoms. The Morgan fingerprint density at radius 3 is 1.80 bits per heavy atom. The Labute approximate surface area is 381 Å². The van der Waals surface area contributed by atoms with Crippen molar-refractivity contribution in [3.8, 4) is 6.07 Å². The van der Waals surface area contributed by atoms with Crippen LogP contribution >= 0.6 is 22.9 Å². The summed E-state index contributed by atoms with van der Waals surface area (Å²) in [5, 5.41) is 19.9. The number of nitriles is 1. The second kappa shape index (κ2) is 23.3. The van der Waals surface area contributed by atoms with E-state index in [1.165, 1.54) is 37.3 Å². The number of alkyl halides is 3. The highest BCUT2D eigenvalue weighted by Crippen LogP contribution is 2.31. The second-order valence-corrected chi connectivity index (χ2v) is 19.0. The van der Waals surface area contributed by atoms with E-state index in [-0.39, 0.29) is 49.9 Å². The molecule has 1 aliphatic heterocycles. The number of halogens is 4. The lowest BCUT2D eigenvalue weighted by atomic mass is 9.97. The minimum Gasteiger partial charge on any atom is -0.451 e. The van der Waals surface area contributed by atoms with E-state index in [0.717, 1.165) is 26.9 Å². The number of ether oxygens (including phenoxy) is 1. The minimum absolute atomic E-state index is 0.0499. The van der Waals surface area contributed by atoms with Crippen molar-refractivity contribution in [1.29, 1.82) is 5.26 Å². The summed E-state index contributed by atoms with van der Waals surface area (Å²) in [7, 11) is 3.77. The van der Waals surface area contributed by atoms with Gasteiger partial charge in [-0.3, -0.25) is 28.8 Å². The summed E-state index contributed by atoms with van der Waals surface area (Å²) >= 11 is 7.77. The van der Waals surface area contributed by atoms with Crippen LogP contribution in [0.4, 0.5) is 13.2 Å². The first-order chi connectivity index (χ1) is 29.8. The molecule has 6 amide bonds. The number of carbonyl (C=O) groups is 7. The Bertz CT molecular complexity index is 2060. The van der Waals surface area contributed by atoms with Crippen LogP contribution in [0.2, 0.25) is 5.02 Å². The van der Waals surface area contributed by atoms with E-state index in [0.29, 0.717) is 10.6 Å². The van der Waals surface area contributed by atoms with Gasteiger partial charge in [-0.05, 0) is 78.5 Å². The Morgan fingerprint density at radius 2 is 1.27 bits per heavy atom. The van der Waals surface area contributed by atoms with Gasteiger partial charge in [0.15, 0.2) is 6.10 Å². The summed E-state index contributed by atoms with van der Waals surface area (Å²) < 4.78 is 48.6. The maximum atomic E-state index is 14.7. The number of fused-ring (bicyclic) bond motifs is 1. The number of nitrogens with zero attached hydrogens (tertiary/aromatic N) is 4. The summed E-state index contributed by atoms with van der Waals surface area (Å²) in [5.74, 6) is -7.55. The summed E-state index contributed by atoms with van der Waals surface area (Å²) in [6, 6.07) is -1.98. The Kier molecular flexibility index (Phi) is 19.4. The molecule has 3 rings (SSSR count). The quantitative estimate of drug-likeness (QED) is 0.248. The number of benzene rings is 1. The molecule has 1 aromatic carbocycles. The SMILES string of the molecule is CC(C)C[C@@H]1NC(=O)[C@H](Cc2csc3ccc(Cl)cc23)N(C)C(=O)[C@H](CC(C)C)NC(=O)[C@H](CC(C)C)N(C)C(=O)[C@H](CC(F)(F)F)NC(=O)[C@@H](CCC#N)OC(=O)[C@H](C)N(C)C1=O. The molecule has 1 aliphatic rings. The number of esters is 1. The Hall–Kier alpha value is -4.96. The van der Waals surface area contributed by atoms with E-state index in [4.69, 9.17) is 16.3 Å². The molecule has 64 heavy (non-hydrogen) atoms. The summed E-state index contributed by atoms with van der Waals surface area (Å²) in [6.45, 7) is 11.9. The number of cyclic esters (lactones) is 1. The summed E-state index contributed by atoms with van der Waals surface area (Å²) in [5.41, 5.74) is 0.664. The minimum atomic E-state index is -5.01. The molecule has 0 radical (unpaired) electrons. The van der Waals surface area contributed by atoms with Gasteiger partial charge in [0.1, 0.15) is 36.3 Å². The normalized spacial score (nSPS) is 24.5. The molecule has 1 fully saturated rings. The summed E-state index contributed by atoms with van der Waals surface area (Å²) in [4.78, 5) is 102. The molecule has 2 aromatic rings. The first kappa shape index (κ1) is 53.4. The van der Waals surface area contributed by atoms with Crippen molar-refractivity contribution >= 4 is 74.4 Å². The molecule has 0 bridgehead atoms. The number of hydrogen-bond donors (Lipinski definition) is 3. The fourth-order valence-corrected chi connectivity index (χ4v) is 8.53. The third-order valence-corrected chi connectivity index (χ3v) is 12.2. The number of hydrogen-bond acceptors (Lipinski definition) is 10. The second-order valence-electron chi connectivity index (χ2n) is 17.7. The monoisotopic (exact) mass is 939 g/mol. The van der Waals surface area contributed by atoms with E-state index >= 15 is 0 Å². The van der Waals surface area contributed by atoms with E-state index in [9.17, 15) is 52.0 Å². The molecular weight excluding hydrogens is 879 g/mol. The molecule has 1 saturated heterocycles. The van der Waals surface area contributed by atoms with Crippen molar-refractivity contribution in [2.24, 2.45) is 17.8 Å². The molecule has 2 heterocycles. The third-order valence-electron chi connectivity index (χ3n) is 11.0. The average molecular weight is 941 g/mol. The lowest BCUT2D eigenvalue weighted by molar-refractivity contribution is -0.166. The predicted octanol–water partition coefficient (Wildman–Crippen LogP) is 5.37. The van der Waals surface area contributed by atoms with Crippen LogP contribution in [0.5, 0.6) is 0 Å². The number of amides is 6. The lowest BCUT2D eigenvalue weighted by Gasteiger charge is -2.35. The van der Waals surface area contributed by atoms with Gasteiger partial charge >= 0.3 is 12.1 Å². The molecule has 0 saturated carbocycles. The topological polar surface area (TPSA) is 198 Å². The van der Waals surface area contributed by atoms with Crippen LogP contribution in [0.3, 0.4) is 0 Å². The molecule has 0 spiro atoms. The van der Waals surface area contributed by atoms with E-state index in [1.54, 1.807) is 45.9 Å². The van der Waals surface area contributed by atoms with Crippen LogP contribution in [-0.2, 0) is 44.7 Å². The number of thiophene rings is 1. The van der Waals surface area contributed by atoms with Crippen molar-refractivity contribution < 1.29 is 51.5 Å². The zero-order chi connectivity index (χ0) is 48.4. The Morgan fingerprint density at radius 1 is 0.766 bits per heavy atom. The highest BCUT2D eigenvalue weighted by atomic mass is 35.5. The zero-order valence-electron chi connectivity index (χ0n) is 38.0. The third kappa shape index (κ3) is 14.8. The number of rotatable bonds is 11. The van der Waals surface area contributed by atoms with Gasteiger partial charge in [-0.25, -0.2) is 4.79 Å². The fraction of sp³-hybridized carbons (Fsp3) is 0.636. The molecule has 15 nitrogen and oxygen atoms in total. The van der Waals surface area contributed by atoms with Gasteiger partial charge in [0, 0.05) is 50.1 Å². The van der Waals surface area contributed by atoms with E-state index in [2.05, 4.69) is 10.6 Å². The number of nitrogens with one attached hydrogen (secondary N) is 3. The molecule has 7 atom stereocenters. The predicted molar refractivity (Wildman–Crippen MR) is 235 cm³/mol. The van der Waals surface area contributed by atoms with Crippen molar-refractivity contribution in [2.75, 3.05) is 21.1 Å². The van der Waals surface area contributed by atoms with E-state index < -0.39 is 103 Å². The van der Waals surface area contributed by atoms with Gasteiger partial charge in [-0.2, -0.15) is 18.4 Å². The fourth-order valence-electron chi connectivity index (χ4n) is 7.40. The zero-order valence-corrected chi connectivity index (χ0v) is 39.6. The van der Waals surface area contributed by atoms with Gasteiger partial charge < -0.3 is 35.4 Å². The van der Waals surface area contributed by atoms with Crippen molar-refractivity contribution in [3.05, 3.63) is 34.2 Å². The van der Waals surface area contributed by atoms with Gasteiger partial charge in [-0.15, -0.1) is 11.3 Å². The molecule has 3 N–H and O–H groups in total. The van der Waals surface area contributed by atoms with Crippen LogP contribution in [0, 0.1) is 29.1 Å². The first-order valence-corrected chi connectivity index (χ1v) is 22.5. The largest absolute Gasteiger partial charge is 0.451 e. The van der Waals surface area contributed by atoms with Gasteiger partial charge in [0.25, 0.3) is 5.91 Å². The molecule has 0 aliphatic carbocycles. The van der Waals surface area contributed by atoms with Crippen LogP contribution in [0.1, 0.15) is 92.6 Å². The van der Waals surface area contributed by atoms with Crippen LogP contribution in [0.25, 0.3) is 10.1 Å². The van der Waals surface area contributed by atoms with Crippen LogP contribution in [-0.4, -0.2) is 126 Å². The maximum Gasteiger partial charge on any atom is 0.391 e. The lowest BCUT2D eigenvalue weighted by Crippen LogP contribution is -2.60.